The maximum Gasteiger partial charge on any atom is 0.223 e. The van der Waals surface area contributed by atoms with E-state index < -0.39 is 0 Å². The molecule has 1 unspecified atom stereocenters. The summed E-state index contributed by atoms with van der Waals surface area (Å²) in [5.74, 6) is 0.912. The van der Waals surface area contributed by atoms with E-state index in [2.05, 4.69) is 14.9 Å². The third-order valence-electron chi connectivity index (χ3n) is 7.29. The number of ether oxygens (including phenoxy) is 1. The molecular weight excluding hydrogens is 364 g/mol. The quantitative estimate of drug-likeness (QED) is 0.671. The van der Waals surface area contributed by atoms with E-state index in [1.165, 1.54) is 51.6 Å². The van der Waals surface area contributed by atoms with Gasteiger partial charge in [0.2, 0.25) is 5.91 Å². The van der Waals surface area contributed by atoms with Gasteiger partial charge in [0.15, 0.2) is 0 Å². The molecule has 1 saturated carbocycles. The molecule has 29 heavy (non-hydrogen) atoms. The first kappa shape index (κ1) is 20.9. The van der Waals surface area contributed by atoms with Gasteiger partial charge >= 0.3 is 0 Å². The number of aromatic nitrogens is 2. The van der Waals surface area contributed by atoms with Crippen LogP contribution in [0.4, 0.5) is 0 Å². The standard InChI is InChI=1S/C23H38N4O2/c1-25-20(10-13-24-25)8-9-23(28)27(18-22-7-4-16-29-22)17-19-11-14-26(15-12-19)21-5-2-3-6-21/h10,13,19,21-22H,2-9,11-12,14-18H2,1H3. The van der Waals surface area contributed by atoms with Crippen molar-refractivity contribution in [1.29, 1.82) is 0 Å². The molecule has 162 valence electrons. The van der Waals surface area contributed by atoms with Crippen LogP contribution in [0.1, 0.15) is 63.5 Å². The van der Waals surface area contributed by atoms with Gasteiger partial charge in [0.05, 0.1) is 6.10 Å². The highest BCUT2D eigenvalue weighted by atomic mass is 16.5. The largest absolute Gasteiger partial charge is 0.376 e. The molecule has 4 rings (SSSR count). The van der Waals surface area contributed by atoms with Crippen molar-refractivity contribution in [3.05, 3.63) is 18.0 Å². The predicted molar refractivity (Wildman–Crippen MR) is 114 cm³/mol. The van der Waals surface area contributed by atoms with Crippen molar-refractivity contribution in [3.8, 4) is 0 Å². The lowest BCUT2D eigenvalue weighted by Gasteiger charge is -2.38. The molecule has 0 spiro atoms. The summed E-state index contributed by atoms with van der Waals surface area (Å²) < 4.78 is 7.73. The van der Waals surface area contributed by atoms with Gasteiger partial charge in [0, 0.05) is 51.1 Å². The van der Waals surface area contributed by atoms with Crippen molar-refractivity contribution in [1.82, 2.24) is 19.6 Å². The Morgan fingerprint density at radius 1 is 1.14 bits per heavy atom. The number of amides is 1. The van der Waals surface area contributed by atoms with Crippen LogP contribution in [0, 0.1) is 5.92 Å². The van der Waals surface area contributed by atoms with Crippen LogP contribution in [0.5, 0.6) is 0 Å². The van der Waals surface area contributed by atoms with Gasteiger partial charge in [-0.05, 0) is 70.0 Å². The van der Waals surface area contributed by atoms with E-state index in [1.54, 1.807) is 0 Å². The van der Waals surface area contributed by atoms with Gasteiger partial charge in [-0.1, -0.05) is 12.8 Å². The first-order chi connectivity index (χ1) is 14.2. The molecule has 0 aromatic carbocycles. The van der Waals surface area contributed by atoms with Crippen molar-refractivity contribution in [2.24, 2.45) is 13.0 Å². The summed E-state index contributed by atoms with van der Waals surface area (Å²) in [6, 6.07) is 2.84. The molecule has 3 heterocycles. The second-order valence-corrected chi connectivity index (χ2v) is 9.30. The van der Waals surface area contributed by atoms with Gasteiger partial charge in [-0.3, -0.25) is 9.48 Å². The highest BCUT2D eigenvalue weighted by molar-refractivity contribution is 5.76. The van der Waals surface area contributed by atoms with Crippen LogP contribution in [-0.2, 0) is 23.0 Å². The van der Waals surface area contributed by atoms with E-state index in [9.17, 15) is 4.79 Å². The van der Waals surface area contributed by atoms with Crippen LogP contribution in [0.25, 0.3) is 0 Å². The highest BCUT2D eigenvalue weighted by Crippen LogP contribution is 2.28. The minimum atomic E-state index is 0.231. The third-order valence-corrected chi connectivity index (χ3v) is 7.29. The summed E-state index contributed by atoms with van der Waals surface area (Å²) in [6.45, 7) is 4.95. The third kappa shape index (κ3) is 5.60. The van der Waals surface area contributed by atoms with Crippen molar-refractivity contribution < 1.29 is 9.53 Å². The van der Waals surface area contributed by atoms with Gasteiger partial charge in [-0.2, -0.15) is 5.10 Å². The normalized spacial score (nSPS) is 24.4. The SMILES string of the molecule is Cn1nccc1CCC(=O)N(CC1CCN(C2CCCC2)CC1)CC1CCCO1. The minimum absolute atomic E-state index is 0.231. The van der Waals surface area contributed by atoms with E-state index in [0.717, 1.165) is 50.7 Å². The summed E-state index contributed by atoms with van der Waals surface area (Å²) in [7, 11) is 1.95. The molecule has 0 radical (unpaired) electrons. The number of carbonyl (C=O) groups is 1. The zero-order valence-electron chi connectivity index (χ0n) is 18.1. The van der Waals surface area contributed by atoms with E-state index in [1.807, 2.05) is 24.0 Å². The van der Waals surface area contributed by atoms with E-state index in [-0.39, 0.29) is 12.0 Å². The van der Waals surface area contributed by atoms with Crippen LogP contribution in [0.2, 0.25) is 0 Å². The first-order valence-electron chi connectivity index (χ1n) is 11.8. The Morgan fingerprint density at radius 3 is 2.59 bits per heavy atom. The molecule has 6 nitrogen and oxygen atoms in total. The van der Waals surface area contributed by atoms with Crippen LogP contribution in [-0.4, -0.2) is 70.4 Å². The molecule has 0 bridgehead atoms. The Morgan fingerprint density at radius 2 is 1.93 bits per heavy atom. The van der Waals surface area contributed by atoms with Crippen molar-refractivity contribution in [2.45, 2.75) is 76.4 Å². The number of aryl methyl sites for hydroxylation is 2. The summed E-state index contributed by atoms with van der Waals surface area (Å²) in [4.78, 5) is 18.0. The maximum atomic E-state index is 13.1. The summed E-state index contributed by atoms with van der Waals surface area (Å²) in [6.07, 6.45) is 13.6. The van der Waals surface area contributed by atoms with Crippen LogP contribution in [0.3, 0.4) is 0 Å². The smallest absolute Gasteiger partial charge is 0.223 e. The monoisotopic (exact) mass is 402 g/mol. The molecule has 1 aliphatic carbocycles. The molecule has 1 amide bonds. The molecule has 1 atom stereocenters. The van der Waals surface area contributed by atoms with Gasteiger partial charge in [0.25, 0.3) is 0 Å². The number of piperidine rings is 1. The molecular formula is C23H38N4O2. The van der Waals surface area contributed by atoms with E-state index >= 15 is 0 Å². The molecule has 1 aromatic heterocycles. The Labute approximate surface area is 175 Å². The summed E-state index contributed by atoms with van der Waals surface area (Å²) >= 11 is 0. The van der Waals surface area contributed by atoms with Gasteiger partial charge < -0.3 is 14.5 Å². The molecule has 6 heteroatoms. The average molecular weight is 403 g/mol. The molecule has 2 aliphatic heterocycles. The number of hydrogen-bond acceptors (Lipinski definition) is 4. The first-order valence-corrected chi connectivity index (χ1v) is 11.8. The lowest BCUT2D eigenvalue weighted by molar-refractivity contribution is -0.133. The number of carbonyl (C=O) groups excluding carboxylic acids is 1. The molecule has 3 aliphatic rings. The lowest BCUT2D eigenvalue weighted by Crippen LogP contribution is -2.45. The maximum absolute atomic E-state index is 13.1. The van der Waals surface area contributed by atoms with Gasteiger partial charge in [0.1, 0.15) is 0 Å². The molecule has 0 N–H and O–H groups in total. The number of hydrogen-bond donors (Lipinski definition) is 0. The fourth-order valence-corrected chi connectivity index (χ4v) is 5.43. The van der Waals surface area contributed by atoms with Crippen molar-refractivity contribution in [2.75, 3.05) is 32.8 Å². The van der Waals surface area contributed by atoms with Gasteiger partial charge in [-0.15, -0.1) is 0 Å². The second kappa shape index (κ2) is 10.1. The Kier molecular flexibility index (Phi) is 7.24. The molecule has 2 saturated heterocycles. The topological polar surface area (TPSA) is 50.6 Å². The predicted octanol–water partition coefficient (Wildman–Crippen LogP) is 3.01. The minimum Gasteiger partial charge on any atom is -0.376 e. The Balaban J connectivity index is 1.30. The zero-order valence-corrected chi connectivity index (χ0v) is 18.1. The Bertz CT molecular complexity index is 641. The number of rotatable bonds is 8. The molecule has 1 aromatic rings. The summed E-state index contributed by atoms with van der Waals surface area (Å²) in [5, 5.41) is 4.22. The number of nitrogens with zero attached hydrogens (tertiary/aromatic N) is 4. The fourth-order valence-electron chi connectivity index (χ4n) is 5.43. The average Bonchev–Trinajstić information content (AvgIpc) is 3.50. The van der Waals surface area contributed by atoms with E-state index in [0.29, 0.717) is 12.3 Å². The number of likely N-dealkylation sites (tertiary alicyclic amines) is 1. The summed E-state index contributed by atoms with van der Waals surface area (Å²) in [5.41, 5.74) is 1.13. The second-order valence-electron chi connectivity index (χ2n) is 9.30. The van der Waals surface area contributed by atoms with Gasteiger partial charge in [-0.25, -0.2) is 0 Å². The van der Waals surface area contributed by atoms with E-state index in [4.69, 9.17) is 4.74 Å². The van der Waals surface area contributed by atoms with Crippen LogP contribution < -0.4 is 0 Å². The van der Waals surface area contributed by atoms with Crippen molar-refractivity contribution in [3.63, 3.8) is 0 Å². The zero-order chi connectivity index (χ0) is 20.1. The van der Waals surface area contributed by atoms with Crippen LogP contribution >= 0.6 is 0 Å². The van der Waals surface area contributed by atoms with Crippen molar-refractivity contribution >= 4 is 5.91 Å². The fraction of sp³-hybridized carbons (Fsp3) is 0.826. The highest BCUT2D eigenvalue weighted by Gasteiger charge is 2.30. The lowest BCUT2D eigenvalue weighted by atomic mass is 9.94. The Hall–Kier alpha value is -1.40. The van der Waals surface area contributed by atoms with Crippen LogP contribution in [0.15, 0.2) is 12.3 Å². The molecule has 3 fully saturated rings.